The fraction of sp³-hybridized carbons (Fsp3) is 0.540. The van der Waals surface area contributed by atoms with Crippen molar-refractivity contribution in [2.24, 2.45) is 17.8 Å². The maximum atomic E-state index is 11.0. The maximum absolute atomic E-state index is 11.0. The molecule has 0 aliphatic heterocycles. The molecule has 0 bridgehead atoms. The van der Waals surface area contributed by atoms with Gasteiger partial charge in [0.05, 0.1) is 19.8 Å². The molecule has 6 rings (SSSR count). The van der Waals surface area contributed by atoms with Crippen LogP contribution in [0.3, 0.4) is 0 Å². The number of hydrogen-bond donors (Lipinski definition) is 1. The van der Waals surface area contributed by atoms with Crippen molar-refractivity contribution in [3.05, 3.63) is 192 Å². The molecule has 0 amide bonds. The summed E-state index contributed by atoms with van der Waals surface area (Å²) < 4.78 is 23.9. The minimum Gasteiger partial charge on any atom is -0.466 e. The highest BCUT2D eigenvalue weighted by atomic mass is 28.3. The Morgan fingerprint density at radius 1 is 0.450 bits per heavy atom. The molecule has 0 radical (unpaired) electrons. The van der Waals surface area contributed by atoms with Gasteiger partial charge in [-0.25, -0.2) is 0 Å². The second-order valence-electron chi connectivity index (χ2n) is 24.6. The number of aliphatic hydroxyl groups is 1. The van der Waals surface area contributed by atoms with Gasteiger partial charge in [0.15, 0.2) is 0 Å². The van der Waals surface area contributed by atoms with E-state index in [1.807, 2.05) is 146 Å². The number of aliphatic hydroxyl groups excluding tert-OH is 1. The molecule has 1 aliphatic rings. The summed E-state index contributed by atoms with van der Waals surface area (Å²) >= 11 is 0. The van der Waals surface area contributed by atoms with E-state index in [9.17, 15) is 28.8 Å². The summed E-state index contributed by atoms with van der Waals surface area (Å²) in [6.07, 6.45) is 12.6. The van der Waals surface area contributed by atoms with Gasteiger partial charge in [-0.3, -0.25) is 24.0 Å². The first kappa shape index (κ1) is 111. The third-order valence-electron chi connectivity index (χ3n) is 11.2. The van der Waals surface area contributed by atoms with Crippen LogP contribution < -0.4 is 0 Å². The number of ether oxygens (including phenoxy) is 5. The van der Waals surface area contributed by atoms with Crippen LogP contribution in [0.2, 0.25) is 26.2 Å². The van der Waals surface area contributed by atoms with E-state index < -0.39 is 8.07 Å². The summed E-state index contributed by atoms with van der Waals surface area (Å²) in [4.78, 5) is 61.2. The van der Waals surface area contributed by atoms with Gasteiger partial charge in [0, 0.05) is 48.6 Å². The molecule has 100 heavy (non-hydrogen) atoms. The predicted octanol–water partition coefficient (Wildman–Crippen LogP) is 24.1. The number of carbonyl (C=O) groups is 6. The highest BCUT2D eigenvalue weighted by molar-refractivity contribution is 6.74. The molecule has 0 atom stereocenters. The number of Topliss-reactive ketones (excluding diaryl/α,β-unsaturated/α-hetero) is 1. The van der Waals surface area contributed by atoms with E-state index in [0.29, 0.717) is 39.0 Å². The van der Waals surface area contributed by atoms with Gasteiger partial charge < -0.3 is 33.6 Å². The summed E-state index contributed by atoms with van der Waals surface area (Å²) in [6.45, 7) is 66.3. The monoisotopic (exact) mass is 1410 g/mol. The zero-order chi connectivity index (χ0) is 79.3. The van der Waals surface area contributed by atoms with Gasteiger partial charge in [-0.2, -0.15) is 0 Å². The molecule has 0 saturated heterocycles. The molecular weight excluding hydrogens is 1270 g/mol. The van der Waals surface area contributed by atoms with E-state index in [1.165, 1.54) is 107 Å². The maximum Gasteiger partial charge on any atom is 0.302 e. The minimum atomic E-state index is -0.611. The molecule has 0 aromatic heterocycles. The van der Waals surface area contributed by atoms with E-state index in [-0.39, 0.29) is 48.2 Å². The second-order valence-corrected chi connectivity index (χ2v) is 30.6. The third-order valence-corrected chi connectivity index (χ3v) is 11.2. The first-order chi connectivity index (χ1) is 47.2. The summed E-state index contributed by atoms with van der Waals surface area (Å²) in [7, 11) is -0.611. The van der Waals surface area contributed by atoms with Crippen molar-refractivity contribution in [2.45, 2.75) is 270 Å². The van der Waals surface area contributed by atoms with Crippen molar-refractivity contribution >= 4 is 43.7 Å². The standard InChI is InChI=1S/C16H14O2.C9H10O2.C9H18O2.C9H12O.C8H10.C6H12O2.C5H8O2.C5H12.C4H12Si.C4H8.C3H6O.C3H8.3C2H6/c1-11(17)18-10-16-14-8-4-2-6-12(14)13-7-3-5-9-15(13)16;1-8(10)11-7-9-5-3-2-4-6-9;1-8(2)6-4-5-7-11-9(3)10;1-2-8-3-5-9(7-10)6-4-8;1-2-8-6-4-3-5-7-8;1-5(2)4-8-6(3)7;1-3-4-7-5(2)6;1-4-5(2)3;1-5(2,3)4;1-3-4-2;1-3(2)4;1-3-2;3*1-2/h2-9,16H,10H2,1H3;2-6H,7H2,1H3;8H,4-7H2,1-3H3;3-6,10H,2,7H2,1H3;3-7H,2H2,1H3;5H,4H2,1-3H3;3H,1,4H2,2H3;5H,4H2,1-3H3;1-4H3;3H,1,4H2,2H3;1-2H3;3H2,1-2H3;3*1-2H3. The quantitative estimate of drug-likeness (QED) is 0.0290. The van der Waals surface area contributed by atoms with Crippen LogP contribution in [-0.2, 0) is 78.5 Å². The highest BCUT2D eigenvalue weighted by Gasteiger charge is 2.28. The number of ketones is 1. The van der Waals surface area contributed by atoms with E-state index >= 15 is 0 Å². The molecule has 0 heterocycles. The molecule has 0 saturated carbocycles. The fourth-order valence-electron chi connectivity index (χ4n) is 6.32. The lowest BCUT2D eigenvalue weighted by Crippen LogP contribution is -2.10. The summed E-state index contributed by atoms with van der Waals surface area (Å²) in [5.41, 5.74) is 9.74. The van der Waals surface area contributed by atoms with Gasteiger partial charge in [0.2, 0.25) is 0 Å². The minimum absolute atomic E-state index is 0.143. The fourth-order valence-corrected chi connectivity index (χ4v) is 6.32. The number of hydrogen-bond acceptors (Lipinski definition) is 12. The Labute approximate surface area is 615 Å². The van der Waals surface area contributed by atoms with Crippen molar-refractivity contribution in [1.82, 2.24) is 0 Å². The van der Waals surface area contributed by atoms with E-state index in [2.05, 4.69) is 167 Å². The van der Waals surface area contributed by atoms with Crippen molar-refractivity contribution in [1.29, 1.82) is 0 Å². The van der Waals surface area contributed by atoms with E-state index in [0.717, 1.165) is 55.1 Å². The number of benzene rings is 5. The van der Waals surface area contributed by atoms with Crippen LogP contribution in [0.5, 0.6) is 0 Å². The van der Waals surface area contributed by atoms with Crippen molar-refractivity contribution < 1.29 is 57.6 Å². The topological polar surface area (TPSA) is 169 Å². The summed E-state index contributed by atoms with van der Waals surface area (Å²) in [5, 5.41) is 8.70. The first-order valence-electron chi connectivity index (χ1n) is 36.5. The normalized spacial score (nSPS) is 9.41. The molecule has 12 nitrogen and oxygen atoms in total. The number of fused-ring (bicyclic) bond motifs is 3. The number of aryl methyl sites for hydroxylation is 2. The SMILES string of the molecule is C=CCC.C=CCOC(C)=O.CC.CC.CC.CC(=O)OCC(C)C.CC(=O)OCC1c2ccccc2-c2ccccc21.CC(=O)OCCCCC(C)C.CC(=O)OCc1ccccc1.CC(C)=O.CCC.CCC(C)C.CCc1ccc(CO)cc1.CCc1ccccc1.C[Si](C)(C)C. The zero-order valence-corrected chi connectivity index (χ0v) is 69.9. The van der Waals surface area contributed by atoms with Crippen LogP contribution in [-0.4, -0.2) is 75.2 Å². The van der Waals surface area contributed by atoms with Gasteiger partial charge in [0.1, 0.15) is 25.6 Å². The largest absolute Gasteiger partial charge is 0.466 e. The van der Waals surface area contributed by atoms with E-state index in [4.69, 9.17) is 19.3 Å². The molecule has 1 N–H and O–H groups in total. The number of carbonyl (C=O) groups excluding carboxylic acids is 6. The molecule has 5 aromatic rings. The number of allylic oxidation sites excluding steroid dienone is 1. The molecule has 0 fully saturated rings. The average Bonchev–Trinajstić information content (AvgIpc) is 1.62. The number of unbranched alkanes of at least 4 members (excludes halogenated alkanes) is 1. The molecule has 1 aliphatic carbocycles. The van der Waals surface area contributed by atoms with Crippen LogP contribution in [0, 0.1) is 17.8 Å². The van der Waals surface area contributed by atoms with Crippen LogP contribution in [0.4, 0.5) is 0 Å². The third kappa shape index (κ3) is 92.8. The van der Waals surface area contributed by atoms with Gasteiger partial charge in [0.25, 0.3) is 0 Å². The molecule has 0 spiro atoms. The molecule has 0 unspecified atom stereocenters. The van der Waals surface area contributed by atoms with Crippen LogP contribution in [0.1, 0.15) is 251 Å². The zero-order valence-electron chi connectivity index (χ0n) is 68.9. The van der Waals surface area contributed by atoms with E-state index in [1.54, 1.807) is 0 Å². The highest BCUT2D eigenvalue weighted by Crippen LogP contribution is 2.44. The summed E-state index contributed by atoms with van der Waals surface area (Å²) in [5.74, 6) is 1.32. The number of rotatable bonds is 18. The smallest absolute Gasteiger partial charge is 0.302 e. The van der Waals surface area contributed by atoms with Crippen LogP contribution >= 0.6 is 0 Å². The van der Waals surface area contributed by atoms with Crippen LogP contribution in [0.25, 0.3) is 11.1 Å². The first-order valence-corrected chi connectivity index (χ1v) is 40.5. The lowest BCUT2D eigenvalue weighted by Gasteiger charge is -2.12. The number of esters is 5. The Kier molecular flexibility index (Phi) is 91.8. The molecule has 572 valence electrons. The van der Waals surface area contributed by atoms with Gasteiger partial charge in [-0.1, -0.05) is 322 Å². The lowest BCUT2D eigenvalue weighted by molar-refractivity contribution is -0.143. The Balaban J connectivity index is -0.000000132. The average molecular weight is 1410 g/mol. The Bertz CT molecular complexity index is 2540. The van der Waals surface area contributed by atoms with Crippen molar-refractivity contribution in [3.63, 3.8) is 0 Å². The Hall–Kier alpha value is -7.22. The predicted molar refractivity (Wildman–Crippen MR) is 435 cm³/mol. The Morgan fingerprint density at radius 2 is 0.780 bits per heavy atom. The molecular formula is C87H148O12Si. The van der Waals surface area contributed by atoms with Gasteiger partial charge in [-0.15, -0.1) is 6.58 Å². The van der Waals surface area contributed by atoms with Crippen molar-refractivity contribution in [3.8, 4) is 11.1 Å². The van der Waals surface area contributed by atoms with Crippen molar-refractivity contribution in [2.75, 3.05) is 26.4 Å². The van der Waals surface area contributed by atoms with Gasteiger partial charge >= 0.3 is 29.8 Å². The Morgan fingerprint density at radius 3 is 1.05 bits per heavy atom. The lowest BCUT2D eigenvalue weighted by atomic mass is 9.98. The molecule has 5 aromatic carbocycles. The van der Waals surface area contributed by atoms with Crippen LogP contribution in [0.15, 0.2) is 159 Å². The summed E-state index contributed by atoms with van der Waals surface area (Å²) in [6, 6.07) is 44.7. The van der Waals surface area contributed by atoms with Gasteiger partial charge in [-0.05, 0) is 108 Å². The second kappa shape index (κ2) is 82.4. The molecule has 13 heteroatoms.